The molecular weight excluding hydrogens is 266 g/mol. The molecule has 6 heteroatoms. The number of carboxylic acid groups (broad SMARTS) is 1. The van der Waals surface area contributed by atoms with E-state index in [2.05, 4.69) is 5.32 Å². The van der Waals surface area contributed by atoms with Gasteiger partial charge in [-0.1, -0.05) is 20.3 Å². The molecule has 2 atom stereocenters. The molecule has 0 saturated heterocycles. The lowest BCUT2D eigenvalue weighted by molar-refractivity contribution is -0.140. The Bertz CT molecular complexity index is 444. The normalized spacial score (nSPS) is 13.8. The monoisotopic (exact) mass is 285 g/mol. The SMILES string of the molecule is CC[C@H](C)[C@H](NC(=O)c1ccc(CSC)o1)C(=O)O. The minimum atomic E-state index is -1.03. The van der Waals surface area contributed by atoms with Crippen molar-refractivity contribution in [3.8, 4) is 0 Å². The van der Waals surface area contributed by atoms with E-state index < -0.39 is 17.9 Å². The molecule has 1 aromatic rings. The van der Waals surface area contributed by atoms with Crippen molar-refractivity contribution in [3.63, 3.8) is 0 Å². The molecule has 1 rings (SSSR count). The second kappa shape index (κ2) is 7.23. The maximum Gasteiger partial charge on any atom is 0.326 e. The average molecular weight is 285 g/mol. The van der Waals surface area contributed by atoms with E-state index >= 15 is 0 Å². The van der Waals surface area contributed by atoms with Crippen molar-refractivity contribution >= 4 is 23.6 Å². The van der Waals surface area contributed by atoms with Crippen molar-refractivity contribution in [1.29, 1.82) is 0 Å². The highest BCUT2D eigenvalue weighted by molar-refractivity contribution is 7.97. The number of rotatable bonds is 7. The molecule has 0 aromatic carbocycles. The highest BCUT2D eigenvalue weighted by atomic mass is 32.2. The van der Waals surface area contributed by atoms with Crippen LogP contribution in [0.25, 0.3) is 0 Å². The smallest absolute Gasteiger partial charge is 0.326 e. The molecule has 0 aliphatic rings. The molecule has 0 fully saturated rings. The molecular formula is C13H19NO4S. The first-order valence-electron chi connectivity index (χ1n) is 6.10. The molecule has 106 valence electrons. The number of hydrogen-bond acceptors (Lipinski definition) is 4. The van der Waals surface area contributed by atoms with Crippen LogP contribution in [0.2, 0.25) is 0 Å². The Kier molecular flexibility index (Phi) is 5.95. The Morgan fingerprint density at radius 3 is 2.68 bits per heavy atom. The van der Waals surface area contributed by atoms with Crippen LogP contribution < -0.4 is 5.32 Å². The van der Waals surface area contributed by atoms with Crippen molar-refractivity contribution in [1.82, 2.24) is 5.32 Å². The second-order valence-electron chi connectivity index (χ2n) is 4.37. The molecule has 1 heterocycles. The highest BCUT2D eigenvalue weighted by Gasteiger charge is 2.26. The van der Waals surface area contributed by atoms with Crippen LogP contribution in [0.5, 0.6) is 0 Å². The first-order chi connectivity index (χ1) is 8.99. The number of amides is 1. The fraction of sp³-hybridized carbons (Fsp3) is 0.538. The van der Waals surface area contributed by atoms with Gasteiger partial charge in [-0.15, -0.1) is 0 Å². The van der Waals surface area contributed by atoms with E-state index in [1.54, 1.807) is 30.8 Å². The lowest BCUT2D eigenvalue weighted by Gasteiger charge is -2.19. The highest BCUT2D eigenvalue weighted by Crippen LogP contribution is 2.14. The summed E-state index contributed by atoms with van der Waals surface area (Å²) >= 11 is 1.59. The maximum absolute atomic E-state index is 11.9. The zero-order valence-corrected chi connectivity index (χ0v) is 12.1. The van der Waals surface area contributed by atoms with Crippen LogP contribution in [0.3, 0.4) is 0 Å². The molecule has 5 nitrogen and oxygen atoms in total. The van der Waals surface area contributed by atoms with Gasteiger partial charge in [0.15, 0.2) is 5.76 Å². The van der Waals surface area contributed by atoms with Gasteiger partial charge in [-0.25, -0.2) is 4.79 Å². The van der Waals surface area contributed by atoms with Gasteiger partial charge < -0.3 is 14.8 Å². The van der Waals surface area contributed by atoms with Crippen LogP contribution in [0.15, 0.2) is 16.5 Å². The number of furan rings is 1. The topological polar surface area (TPSA) is 79.5 Å². The third-order valence-electron chi connectivity index (χ3n) is 2.94. The Morgan fingerprint density at radius 1 is 1.47 bits per heavy atom. The van der Waals surface area contributed by atoms with E-state index in [0.29, 0.717) is 17.9 Å². The summed E-state index contributed by atoms with van der Waals surface area (Å²) in [7, 11) is 0. The van der Waals surface area contributed by atoms with Gasteiger partial charge in [0.2, 0.25) is 0 Å². The van der Waals surface area contributed by atoms with Crippen LogP contribution in [-0.2, 0) is 10.5 Å². The van der Waals surface area contributed by atoms with Gasteiger partial charge in [-0.3, -0.25) is 4.79 Å². The lowest BCUT2D eigenvalue weighted by Crippen LogP contribution is -2.44. The van der Waals surface area contributed by atoms with E-state index in [9.17, 15) is 9.59 Å². The molecule has 19 heavy (non-hydrogen) atoms. The van der Waals surface area contributed by atoms with E-state index in [1.165, 1.54) is 0 Å². The molecule has 0 unspecified atom stereocenters. The standard InChI is InChI=1S/C13H19NO4S/c1-4-8(2)11(13(16)17)14-12(15)10-6-5-9(18-10)7-19-3/h5-6,8,11H,4,7H2,1-3H3,(H,14,15)(H,16,17)/t8-,11-/m0/s1. The molecule has 2 N–H and O–H groups in total. The summed E-state index contributed by atoms with van der Waals surface area (Å²) in [6.07, 6.45) is 2.61. The van der Waals surface area contributed by atoms with E-state index in [-0.39, 0.29) is 11.7 Å². The average Bonchev–Trinajstić information content (AvgIpc) is 2.83. The van der Waals surface area contributed by atoms with Gasteiger partial charge in [0.25, 0.3) is 5.91 Å². The third-order valence-corrected chi connectivity index (χ3v) is 3.51. The van der Waals surface area contributed by atoms with Crippen LogP contribution in [0.1, 0.15) is 36.6 Å². The van der Waals surface area contributed by atoms with Crippen molar-refractivity contribution in [2.24, 2.45) is 5.92 Å². The maximum atomic E-state index is 11.9. The van der Waals surface area contributed by atoms with Gasteiger partial charge in [-0.2, -0.15) is 11.8 Å². The zero-order chi connectivity index (χ0) is 14.4. The van der Waals surface area contributed by atoms with Crippen molar-refractivity contribution in [3.05, 3.63) is 23.7 Å². The number of aliphatic carboxylic acids is 1. The number of carbonyl (C=O) groups is 2. The summed E-state index contributed by atoms with van der Waals surface area (Å²) in [5.74, 6) is -0.117. The summed E-state index contributed by atoms with van der Waals surface area (Å²) in [4.78, 5) is 23.0. The molecule has 0 aliphatic heterocycles. The van der Waals surface area contributed by atoms with E-state index in [0.717, 1.165) is 0 Å². The fourth-order valence-electron chi connectivity index (χ4n) is 1.62. The van der Waals surface area contributed by atoms with E-state index in [1.807, 2.05) is 13.2 Å². The largest absolute Gasteiger partial charge is 0.480 e. The van der Waals surface area contributed by atoms with Crippen molar-refractivity contribution in [2.75, 3.05) is 6.26 Å². The minimum absolute atomic E-state index is 0.137. The zero-order valence-electron chi connectivity index (χ0n) is 11.3. The fourth-order valence-corrected chi connectivity index (χ4v) is 2.05. The summed E-state index contributed by atoms with van der Waals surface area (Å²) in [5, 5.41) is 11.6. The lowest BCUT2D eigenvalue weighted by atomic mass is 9.99. The number of thioether (sulfide) groups is 1. The van der Waals surface area contributed by atoms with Crippen molar-refractivity contribution < 1.29 is 19.1 Å². The third kappa shape index (κ3) is 4.31. The van der Waals surface area contributed by atoms with Crippen LogP contribution in [-0.4, -0.2) is 29.3 Å². The predicted molar refractivity (Wildman–Crippen MR) is 74.3 cm³/mol. The summed E-state index contributed by atoms with van der Waals surface area (Å²) in [5.41, 5.74) is 0. The Labute approximate surface area is 116 Å². The molecule has 0 saturated carbocycles. The summed E-state index contributed by atoms with van der Waals surface area (Å²) < 4.78 is 5.35. The molecule has 0 bridgehead atoms. The molecule has 0 aliphatic carbocycles. The van der Waals surface area contributed by atoms with Crippen LogP contribution >= 0.6 is 11.8 Å². The number of carboxylic acids is 1. The predicted octanol–water partition coefficient (Wildman–Crippen LogP) is 2.37. The summed E-state index contributed by atoms with van der Waals surface area (Å²) in [6, 6.07) is 2.40. The van der Waals surface area contributed by atoms with Gasteiger partial charge in [-0.05, 0) is 24.3 Å². The number of hydrogen-bond donors (Lipinski definition) is 2. The van der Waals surface area contributed by atoms with E-state index in [4.69, 9.17) is 9.52 Å². The summed E-state index contributed by atoms with van der Waals surface area (Å²) in [6.45, 7) is 3.68. The van der Waals surface area contributed by atoms with Crippen LogP contribution in [0.4, 0.5) is 0 Å². The number of nitrogens with one attached hydrogen (secondary N) is 1. The first-order valence-corrected chi connectivity index (χ1v) is 7.50. The first kappa shape index (κ1) is 15.6. The minimum Gasteiger partial charge on any atom is -0.480 e. The van der Waals surface area contributed by atoms with Gasteiger partial charge >= 0.3 is 5.97 Å². The number of carbonyl (C=O) groups excluding carboxylic acids is 1. The Morgan fingerprint density at radius 2 is 2.16 bits per heavy atom. The van der Waals surface area contributed by atoms with Crippen LogP contribution in [0, 0.1) is 5.92 Å². The molecule has 0 spiro atoms. The second-order valence-corrected chi connectivity index (χ2v) is 5.24. The Hall–Kier alpha value is -1.43. The van der Waals surface area contributed by atoms with Gasteiger partial charge in [0.05, 0.1) is 5.75 Å². The molecule has 1 aromatic heterocycles. The Balaban J connectivity index is 2.73. The van der Waals surface area contributed by atoms with Crippen molar-refractivity contribution in [2.45, 2.75) is 32.1 Å². The molecule has 0 radical (unpaired) electrons. The van der Waals surface area contributed by atoms with Gasteiger partial charge in [0, 0.05) is 0 Å². The van der Waals surface area contributed by atoms with Gasteiger partial charge in [0.1, 0.15) is 11.8 Å². The molecule has 1 amide bonds. The quantitative estimate of drug-likeness (QED) is 0.804.